The maximum absolute atomic E-state index is 13.8. The van der Waals surface area contributed by atoms with E-state index in [0.29, 0.717) is 33.6 Å². The van der Waals surface area contributed by atoms with Crippen molar-refractivity contribution in [3.05, 3.63) is 83.8 Å². The number of benzene rings is 2. The standard InChI is InChI=1S/C25H18N6O2/c1-14-8-9-16-18(13-26-19(16)12-14)20-21(22-17-10-11-27-28-23(17)30(2)29-22)25(33)31(24(20)32)15-6-4-3-5-7-15/h3-13,26H,1-2H3. The maximum Gasteiger partial charge on any atom is 0.268 e. The normalized spacial score (nSPS) is 14.3. The van der Waals surface area contributed by atoms with E-state index in [9.17, 15) is 9.59 Å². The summed E-state index contributed by atoms with van der Waals surface area (Å²) in [6.07, 6.45) is 3.34. The Bertz CT molecular complexity index is 1630. The summed E-state index contributed by atoms with van der Waals surface area (Å²) >= 11 is 0. The fourth-order valence-corrected chi connectivity index (χ4v) is 4.44. The zero-order valence-electron chi connectivity index (χ0n) is 17.9. The number of nitrogens with zero attached hydrogens (tertiary/aromatic N) is 5. The number of aryl methyl sites for hydroxylation is 2. The number of fused-ring (bicyclic) bond motifs is 2. The number of anilines is 1. The van der Waals surface area contributed by atoms with Gasteiger partial charge in [0.1, 0.15) is 5.69 Å². The first kappa shape index (κ1) is 19.1. The fraction of sp³-hybridized carbons (Fsp3) is 0.0800. The summed E-state index contributed by atoms with van der Waals surface area (Å²) in [4.78, 5) is 32.1. The molecule has 1 aliphatic rings. The number of amides is 2. The molecule has 0 unspecified atom stereocenters. The predicted octanol–water partition coefficient (Wildman–Crippen LogP) is 3.64. The second-order valence-electron chi connectivity index (χ2n) is 8.02. The molecule has 0 saturated carbocycles. The van der Waals surface area contributed by atoms with E-state index < -0.39 is 5.91 Å². The highest BCUT2D eigenvalue weighted by Crippen LogP contribution is 2.41. The van der Waals surface area contributed by atoms with E-state index in [2.05, 4.69) is 20.3 Å². The van der Waals surface area contributed by atoms with Gasteiger partial charge >= 0.3 is 0 Å². The number of aromatic amines is 1. The fourth-order valence-electron chi connectivity index (χ4n) is 4.44. The molecule has 0 saturated heterocycles. The zero-order valence-corrected chi connectivity index (χ0v) is 17.9. The Morgan fingerprint density at radius 2 is 1.70 bits per heavy atom. The van der Waals surface area contributed by atoms with Crippen LogP contribution in [-0.2, 0) is 16.6 Å². The van der Waals surface area contributed by atoms with Gasteiger partial charge < -0.3 is 4.98 Å². The summed E-state index contributed by atoms with van der Waals surface area (Å²) in [6.45, 7) is 2.01. The summed E-state index contributed by atoms with van der Waals surface area (Å²) in [5, 5.41) is 14.2. The summed E-state index contributed by atoms with van der Waals surface area (Å²) in [6, 6.07) is 16.7. The number of carbonyl (C=O) groups is 2. The van der Waals surface area contributed by atoms with E-state index in [1.165, 1.54) is 4.90 Å². The molecule has 2 aromatic carbocycles. The molecule has 0 radical (unpaired) electrons. The van der Waals surface area contributed by atoms with Crippen LogP contribution in [0.25, 0.3) is 33.1 Å². The van der Waals surface area contributed by atoms with Gasteiger partial charge in [0.15, 0.2) is 5.65 Å². The summed E-state index contributed by atoms with van der Waals surface area (Å²) in [5.41, 5.74) is 4.68. The van der Waals surface area contributed by atoms with E-state index in [4.69, 9.17) is 0 Å². The van der Waals surface area contributed by atoms with Crippen LogP contribution < -0.4 is 4.90 Å². The number of imide groups is 1. The first-order chi connectivity index (χ1) is 16.0. The molecular weight excluding hydrogens is 416 g/mol. The lowest BCUT2D eigenvalue weighted by molar-refractivity contribution is -0.119. The molecule has 5 aromatic rings. The average Bonchev–Trinajstić information content (AvgIpc) is 3.46. The van der Waals surface area contributed by atoms with Crippen molar-refractivity contribution >= 4 is 50.6 Å². The van der Waals surface area contributed by atoms with Crippen molar-refractivity contribution in [1.82, 2.24) is 25.0 Å². The minimum Gasteiger partial charge on any atom is -0.361 e. The number of rotatable bonds is 3. The van der Waals surface area contributed by atoms with Gasteiger partial charge in [0.2, 0.25) is 0 Å². The predicted molar refractivity (Wildman–Crippen MR) is 125 cm³/mol. The molecule has 0 aliphatic carbocycles. The van der Waals surface area contributed by atoms with Gasteiger partial charge in [0.25, 0.3) is 11.8 Å². The third-order valence-corrected chi connectivity index (χ3v) is 5.95. The van der Waals surface area contributed by atoms with E-state index >= 15 is 0 Å². The van der Waals surface area contributed by atoms with Crippen LogP contribution in [0, 0.1) is 6.92 Å². The van der Waals surface area contributed by atoms with Crippen molar-refractivity contribution in [2.75, 3.05) is 4.90 Å². The number of para-hydroxylation sites is 1. The molecule has 4 heterocycles. The first-order valence-corrected chi connectivity index (χ1v) is 10.5. The Balaban J connectivity index is 1.67. The monoisotopic (exact) mass is 434 g/mol. The summed E-state index contributed by atoms with van der Waals surface area (Å²) in [7, 11) is 1.74. The van der Waals surface area contributed by atoms with Gasteiger partial charge in [-0.3, -0.25) is 9.59 Å². The molecular formula is C25H18N6O2. The summed E-state index contributed by atoms with van der Waals surface area (Å²) in [5.74, 6) is -0.803. The van der Waals surface area contributed by atoms with Crippen LogP contribution in [0.4, 0.5) is 5.69 Å². The van der Waals surface area contributed by atoms with Crippen molar-refractivity contribution in [3.8, 4) is 0 Å². The minimum atomic E-state index is -0.417. The van der Waals surface area contributed by atoms with E-state index in [1.54, 1.807) is 54.5 Å². The third kappa shape index (κ3) is 2.74. The molecule has 8 nitrogen and oxygen atoms in total. The smallest absolute Gasteiger partial charge is 0.268 e. The molecule has 160 valence electrons. The number of carbonyl (C=O) groups excluding carboxylic acids is 2. The van der Waals surface area contributed by atoms with Crippen molar-refractivity contribution < 1.29 is 9.59 Å². The lowest BCUT2D eigenvalue weighted by atomic mass is 9.97. The van der Waals surface area contributed by atoms with Gasteiger partial charge in [-0.15, -0.1) is 5.10 Å². The maximum atomic E-state index is 13.8. The molecule has 3 aromatic heterocycles. The Hall–Kier alpha value is -4.59. The Morgan fingerprint density at radius 1 is 0.909 bits per heavy atom. The molecule has 0 spiro atoms. The van der Waals surface area contributed by atoms with Crippen molar-refractivity contribution in [2.45, 2.75) is 6.92 Å². The molecule has 2 amide bonds. The highest BCUT2D eigenvalue weighted by atomic mass is 16.2. The van der Waals surface area contributed by atoms with Gasteiger partial charge in [-0.2, -0.15) is 10.2 Å². The summed E-state index contributed by atoms with van der Waals surface area (Å²) < 4.78 is 1.57. The topological polar surface area (TPSA) is 96.8 Å². The van der Waals surface area contributed by atoms with Gasteiger partial charge in [-0.05, 0) is 36.8 Å². The molecule has 0 fully saturated rings. The zero-order chi connectivity index (χ0) is 22.7. The molecule has 33 heavy (non-hydrogen) atoms. The number of nitrogens with one attached hydrogen (secondary N) is 1. The van der Waals surface area contributed by atoms with Gasteiger partial charge in [-0.1, -0.05) is 30.3 Å². The molecule has 1 N–H and O–H groups in total. The van der Waals surface area contributed by atoms with Crippen LogP contribution in [0.1, 0.15) is 16.8 Å². The van der Waals surface area contributed by atoms with Gasteiger partial charge in [-0.25, -0.2) is 9.58 Å². The highest BCUT2D eigenvalue weighted by Gasteiger charge is 2.43. The quantitative estimate of drug-likeness (QED) is 0.438. The Kier molecular flexibility index (Phi) is 4.03. The number of hydrogen-bond donors (Lipinski definition) is 1. The van der Waals surface area contributed by atoms with Gasteiger partial charge in [0.05, 0.1) is 28.4 Å². The van der Waals surface area contributed by atoms with E-state index in [1.807, 2.05) is 31.2 Å². The van der Waals surface area contributed by atoms with Crippen molar-refractivity contribution in [2.24, 2.45) is 7.05 Å². The first-order valence-electron chi connectivity index (χ1n) is 10.5. The van der Waals surface area contributed by atoms with Crippen LogP contribution in [0.5, 0.6) is 0 Å². The van der Waals surface area contributed by atoms with Gasteiger partial charge in [0, 0.05) is 29.7 Å². The van der Waals surface area contributed by atoms with E-state index in [-0.39, 0.29) is 11.5 Å². The van der Waals surface area contributed by atoms with Crippen LogP contribution >= 0.6 is 0 Å². The lowest BCUT2D eigenvalue weighted by Crippen LogP contribution is -2.31. The number of aromatic nitrogens is 5. The van der Waals surface area contributed by atoms with Crippen molar-refractivity contribution in [3.63, 3.8) is 0 Å². The lowest BCUT2D eigenvalue weighted by Gasteiger charge is -2.14. The third-order valence-electron chi connectivity index (χ3n) is 5.95. The molecule has 0 bridgehead atoms. The second-order valence-corrected chi connectivity index (χ2v) is 8.02. The highest BCUT2D eigenvalue weighted by molar-refractivity contribution is 6.58. The number of hydrogen-bond acceptors (Lipinski definition) is 5. The Morgan fingerprint density at radius 3 is 2.52 bits per heavy atom. The average molecular weight is 434 g/mol. The van der Waals surface area contributed by atoms with E-state index in [0.717, 1.165) is 16.5 Å². The SMILES string of the molecule is Cc1ccc2c(C3=C(c4nn(C)c5nnccc45)C(=O)N(c4ccccc4)C3=O)c[nH]c2c1. The van der Waals surface area contributed by atoms with Crippen LogP contribution in [0.3, 0.4) is 0 Å². The minimum absolute atomic E-state index is 0.254. The molecule has 0 atom stereocenters. The number of H-pyrrole nitrogens is 1. The molecule has 6 rings (SSSR count). The van der Waals surface area contributed by atoms with Crippen LogP contribution in [0.2, 0.25) is 0 Å². The van der Waals surface area contributed by atoms with Crippen LogP contribution in [0.15, 0.2) is 67.0 Å². The Labute approximate surface area is 188 Å². The molecule has 1 aliphatic heterocycles. The molecule has 8 heteroatoms. The van der Waals surface area contributed by atoms with Crippen LogP contribution in [-0.4, -0.2) is 36.8 Å². The van der Waals surface area contributed by atoms with Crippen molar-refractivity contribution in [1.29, 1.82) is 0 Å². The largest absolute Gasteiger partial charge is 0.361 e. The second kappa shape index (κ2) is 6.96.